The zero-order chi connectivity index (χ0) is 22.2. The van der Waals surface area contributed by atoms with Crippen molar-refractivity contribution in [1.29, 1.82) is 0 Å². The van der Waals surface area contributed by atoms with E-state index in [0.29, 0.717) is 31.4 Å². The van der Waals surface area contributed by atoms with Gasteiger partial charge in [0.05, 0.1) is 12.8 Å². The first-order valence-corrected chi connectivity index (χ1v) is 10.6. The Balaban J connectivity index is 0.00000480. The summed E-state index contributed by atoms with van der Waals surface area (Å²) in [7, 11) is 0. The quantitative estimate of drug-likeness (QED) is 0.271. The van der Waals surface area contributed by atoms with Crippen LogP contribution in [0, 0.1) is 0 Å². The van der Waals surface area contributed by atoms with Crippen LogP contribution in [0.3, 0.4) is 0 Å². The predicted molar refractivity (Wildman–Crippen MR) is 132 cm³/mol. The van der Waals surface area contributed by atoms with Gasteiger partial charge in [-0.3, -0.25) is 4.90 Å². The van der Waals surface area contributed by atoms with Crippen LogP contribution in [0.4, 0.5) is 4.79 Å². The summed E-state index contributed by atoms with van der Waals surface area (Å²) in [5.74, 6) is 1.14. The molecule has 2 heterocycles. The molecule has 1 fully saturated rings. The number of rotatable bonds is 7. The first kappa shape index (κ1) is 27.5. The molecule has 1 aliphatic heterocycles. The molecular weight excluding hydrogens is 513 g/mol. The second-order valence-corrected chi connectivity index (χ2v) is 8.68. The summed E-state index contributed by atoms with van der Waals surface area (Å²) in [4.78, 5) is 20.7. The van der Waals surface area contributed by atoms with Crippen molar-refractivity contribution in [2.24, 2.45) is 4.99 Å². The third-order valence-electron chi connectivity index (χ3n) is 4.69. The van der Waals surface area contributed by atoms with E-state index in [2.05, 4.69) is 20.5 Å². The van der Waals surface area contributed by atoms with E-state index >= 15 is 0 Å². The Bertz CT molecular complexity index is 680. The van der Waals surface area contributed by atoms with E-state index < -0.39 is 11.2 Å². The lowest BCUT2D eigenvalue weighted by Crippen LogP contribution is -2.51. The fourth-order valence-corrected chi connectivity index (χ4v) is 3.05. The average molecular weight is 551 g/mol. The largest absolute Gasteiger partial charge is 0.466 e. The molecule has 2 rings (SSSR count). The fraction of sp³-hybridized carbons (Fsp3) is 0.714. The van der Waals surface area contributed by atoms with E-state index in [1.54, 1.807) is 30.2 Å². The van der Waals surface area contributed by atoms with Crippen molar-refractivity contribution in [3.63, 3.8) is 0 Å². The number of furan rings is 1. The molecule has 0 bridgehead atoms. The van der Waals surface area contributed by atoms with E-state index in [4.69, 9.17) is 9.15 Å². The molecule has 1 aliphatic rings. The van der Waals surface area contributed by atoms with E-state index in [1.807, 2.05) is 27.7 Å². The molecule has 1 unspecified atom stereocenters. The summed E-state index contributed by atoms with van der Waals surface area (Å²) < 4.78 is 10.7. The van der Waals surface area contributed by atoms with Crippen molar-refractivity contribution in [1.82, 2.24) is 20.4 Å². The Kier molecular flexibility index (Phi) is 11.1. The van der Waals surface area contributed by atoms with Gasteiger partial charge in [-0.2, -0.15) is 0 Å². The van der Waals surface area contributed by atoms with Gasteiger partial charge in [-0.25, -0.2) is 9.79 Å². The third-order valence-corrected chi connectivity index (χ3v) is 4.69. The highest BCUT2D eigenvalue weighted by molar-refractivity contribution is 14.0. The van der Waals surface area contributed by atoms with E-state index in [1.165, 1.54) is 0 Å². The number of nitrogens with zero attached hydrogens (tertiary/aromatic N) is 3. The van der Waals surface area contributed by atoms with Crippen LogP contribution in [0.1, 0.15) is 40.4 Å². The van der Waals surface area contributed by atoms with Crippen LogP contribution in [0.5, 0.6) is 0 Å². The van der Waals surface area contributed by atoms with Gasteiger partial charge in [-0.1, -0.05) is 0 Å². The number of amides is 1. The van der Waals surface area contributed by atoms with Gasteiger partial charge in [-0.15, -0.1) is 24.0 Å². The monoisotopic (exact) mass is 551 g/mol. The number of ether oxygens (including phenoxy) is 1. The van der Waals surface area contributed by atoms with Crippen LogP contribution in [0.15, 0.2) is 27.8 Å². The first-order chi connectivity index (χ1) is 14.1. The minimum atomic E-state index is -1.16. The van der Waals surface area contributed by atoms with Gasteiger partial charge in [0.1, 0.15) is 17.0 Å². The number of guanidine groups is 1. The first-order valence-electron chi connectivity index (χ1n) is 10.6. The Morgan fingerprint density at radius 3 is 2.45 bits per heavy atom. The SMILES string of the molecule is CCNC(=NCC(C)(O)c1ccco1)NCCN1CCN(C(=O)OC(C)(C)C)CC1.I. The third kappa shape index (κ3) is 9.65. The summed E-state index contributed by atoms with van der Waals surface area (Å²) in [6.45, 7) is 14.7. The Hall–Kier alpha value is -1.53. The zero-order valence-electron chi connectivity index (χ0n) is 19.3. The van der Waals surface area contributed by atoms with Crippen molar-refractivity contribution in [3.05, 3.63) is 24.2 Å². The molecule has 0 radical (unpaired) electrons. The number of carbonyl (C=O) groups is 1. The average Bonchev–Trinajstić information content (AvgIpc) is 3.21. The molecule has 0 aromatic carbocycles. The number of aliphatic imine (C=N–C) groups is 1. The number of carbonyl (C=O) groups excluding carboxylic acids is 1. The van der Waals surface area contributed by atoms with Gasteiger partial charge in [0.2, 0.25) is 0 Å². The number of halogens is 1. The molecule has 0 aliphatic carbocycles. The Morgan fingerprint density at radius 2 is 1.90 bits per heavy atom. The second kappa shape index (κ2) is 12.5. The van der Waals surface area contributed by atoms with Gasteiger partial charge in [0.15, 0.2) is 5.96 Å². The highest BCUT2D eigenvalue weighted by Crippen LogP contribution is 2.21. The van der Waals surface area contributed by atoms with Gasteiger partial charge < -0.3 is 29.8 Å². The molecule has 1 saturated heterocycles. The number of hydrogen-bond donors (Lipinski definition) is 3. The summed E-state index contributed by atoms with van der Waals surface area (Å²) in [6.07, 6.45) is 1.30. The molecule has 1 amide bonds. The molecular formula is C21H38IN5O4. The molecule has 3 N–H and O–H groups in total. The van der Waals surface area contributed by atoms with E-state index in [0.717, 1.165) is 26.2 Å². The lowest BCUT2D eigenvalue weighted by atomic mass is 10.0. The summed E-state index contributed by atoms with van der Waals surface area (Å²) >= 11 is 0. The zero-order valence-corrected chi connectivity index (χ0v) is 21.6. The minimum absolute atomic E-state index is 0. The van der Waals surface area contributed by atoms with Crippen molar-refractivity contribution < 1.29 is 19.1 Å². The van der Waals surface area contributed by atoms with E-state index in [9.17, 15) is 9.90 Å². The summed E-state index contributed by atoms with van der Waals surface area (Å²) in [5.41, 5.74) is -1.63. The lowest BCUT2D eigenvalue weighted by molar-refractivity contribution is 0.0147. The number of nitrogens with one attached hydrogen (secondary N) is 2. The van der Waals surface area contributed by atoms with Gasteiger partial charge >= 0.3 is 6.09 Å². The molecule has 31 heavy (non-hydrogen) atoms. The van der Waals surface area contributed by atoms with Crippen molar-refractivity contribution in [3.8, 4) is 0 Å². The van der Waals surface area contributed by atoms with Gasteiger partial charge in [-0.05, 0) is 46.8 Å². The molecule has 10 heteroatoms. The van der Waals surface area contributed by atoms with Crippen molar-refractivity contribution >= 4 is 36.0 Å². The predicted octanol–water partition coefficient (Wildman–Crippen LogP) is 2.21. The highest BCUT2D eigenvalue weighted by Gasteiger charge is 2.27. The maximum atomic E-state index is 12.2. The summed E-state index contributed by atoms with van der Waals surface area (Å²) in [5, 5.41) is 17.0. The van der Waals surface area contributed by atoms with E-state index in [-0.39, 0.29) is 36.6 Å². The molecule has 1 atom stereocenters. The maximum absolute atomic E-state index is 12.2. The number of hydrogen-bond acceptors (Lipinski definition) is 6. The summed E-state index contributed by atoms with van der Waals surface area (Å²) in [6, 6.07) is 3.49. The Labute approximate surface area is 202 Å². The molecule has 1 aromatic heterocycles. The van der Waals surface area contributed by atoms with Crippen LogP contribution in [0.2, 0.25) is 0 Å². The molecule has 178 valence electrons. The van der Waals surface area contributed by atoms with Crippen molar-refractivity contribution in [2.45, 2.75) is 45.8 Å². The maximum Gasteiger partial charge on any atom is 0.410 e. The Morgan fingerprint density at radius 1 is 1.23 bits per heavy atom. The lowest BCUT2D eigenvalue weighted by Gasteiger charge is -2.35. The second-order valence-electron chi connectivity index (χ2n) is 8.68. The van der Waals surface area contributed by atoms with Gasteiger partial charge in [0, 0.05) is 45.8 Å². The molecule has 9 nitrogen and oxygen atoms in total. The topological polar surface area (TPSA) is 103 Å². The van der Waals surface area contributed by atoms with Crippen LogP contribution >= 0.6 is 24.0 Å². The van der Waals surface area contributed by atoms with Crippen LogP contribution in [-0.2, 0) is 10.3 Å². The number of aliphatic hydroxyl groups is 1. The molecule has 1 aromatic rings. The van der Waals surface area contributed by atoms with Crippen LogP contribution < -0.4 is 10.6 Å². The highest BCUT2D eigenvalue weighted by atomic mass is 127. The van der Waals surface area contributed by atoms with Crippen LogP contribution in [-0.4, -0.2) is 84.9 Å². The molecule has 0 saturated carbocycles. The normalized spacial score (nSPS) is 17.5. The molecule has 0 spiro atoms. The number of piperazine rings is 1. The smallest absolute Gasteiger partial charge is 0.410 e. The fourth-order valence-electron chi connectivity index (χ4n) is 3.05. The van der Waals surface area contributed by atoms with Crippen molar-refractivity contribution in [2.75, 3.05) is 52.4 Å². The van der Waals surface area contributed by atoms with Crippen LogP contribution in [0.25, 0.3) is 0 Å². The standard InChI is InChI=1S/C21H37N5O4.HI/c1-6-22-18(24-16-21(5,28)17-8-7-15-29-17)23-9-10-25-11-13-26(14-12-25)19(27)30-20(2,3)4;/h7-8,15,28H,6,9-14,16H2,1-5H3,(H2,22,23,24);1H. The van der Waals surface area contributed by atoms with Gasteiger partial charge in [0.25, 0.3) is 0 Å². The minimum Gasteiger partial charge on any atom is -0.466 e.